The number of amides is 4. The van der Waals surface area contributed by atoms with Crippen molar-refractivity contribution in [3.63, 3.8) is 0 Å². The molecule has 0 spiro atoms. The molecular weight excluding hydrogens is 959 g/mol. The largest absolute Gasteiger partial charge is 0.464 e. The molecule has 0 aliphatic carbocycles. The number of thiazole rings is 1. The number of cyclic esters (lactones) is 1. The number of benzene rings is 1. The zero-order valence-corrected chi connectivity index (χ0v) is 45.7. The number of pyridine rings is 1. The molecule has 3 aromatic heterocycles. The molecule has 20 heteroatoms. The van der Waals surface area contributed by atoms with Crippen molar-refractivity contribution >= 4 is 100 Å². The van der Waals surface area contributed by atoms with E-state index in [1.165, 1.54) is 16.3 Å². The first-order chi connectivity index (χ1) is 30.6. The predicted octanol–water partition coefficient (Wildman–Crippen LogP) is 6.51. The van der Waals surface area contributed by atoms with Crippen LogP contribution in [0.5, 0.6) is 0 Å². The number of piperidine rings is 2. The number of hydrogen-bond acceptors (Lipinski definition) is 11. The van der Waals surface area contributed by atoms with E-state index in [9.17, 15) is 19.2 Å². The van der Waals surface area contributed by atoms with Gasteiger partial charge in [-0.2, -0.15) is 54.0 Å². The summed E-state index contributed by atoms with van der Waals surface area (Å²) in [5.74, 6) is -1.47. The topological polar surface area (TPSA) is 154 Å². The number of esters is 1. The van der Waals surface area contributed by atoms with Gasteiger partial charge in [-0.3, -0.25) is 29.3 Å². The van der Waals surface area contributed by atoms with Crippen LogP contribution in [0.25, 0.3) is 33.4 Å². The number of urea groups is 1. The highest BCUT2D eigenvalue weighted by atomic mass is 32.1. The Morgan fingerprint density at radius 2 is 1.79 bits per heavy atom. The van der Waals surface area contributed by atoms with Crippen molar-refractivity contribution in [1.82, 2.24) is 45.0 Å². The number of carbonyl (C=O) groups excluding carboxylic acids is 4. The van der Waals surface area contributed by atoms with E-state index >= 15 is 0 Å². The first-order valence-electron chi connectivity index (χ1n) is 22.9. The van der Waals surface area contributed by atoms with Crippen LogP contribution in [0.15, 0.2) is 41.9 Å². The Morgan fingerprint density at radius 1 is 1.06 bits per heavy atom. The highest BCUT2D eigenvalue weighted by molar-refractivity contribution is 7.59. The molecule has 6 atom stereocenters. The summed E-state index contributed by atoms with van der Waals surface area (Å²) in [5, 5.41) is 8.28. The molecule has 15 nitrogen and oxygen atoms in total. The maximum atomic E-state index is 14.6. The number of nitrogens with zero attached hydrogens (tertiary/aromatic N) is 7. The van der Waals surface area contributed by atoms with Gasteiger partial charge in [-0.25, -0.2) is 15.2 Å². The van der Waals surface area contributed by atoms with E-state index in [-0.39, 0.29) is 97.0 Å². The summed E-state index contributed by atoms with van der Waals surface area (Å²) < 4.78 is 14.3. The van der Waals surface area contributed by atoms with Gasteiger partial charge in [-0.15, -0.1) is 11.3 Å². The molecule has 4 fully saturated rings. The number of aryl methyl sites for hydroxylation is 1. The van der Waals surface area contributed by atoms with Crippen LogP contribution in [0.3, 0.4) is 0 Å². The lowest BCUT2D eigenvalue weighted by Crippen LogP contribution is -2.66. The van der Waals surface area contributed by atoms with Gasteiger partial charge in [0.15, 0.2) is 0 Å². The zero-order valence-electron chi connectivity index (χ0n) is 40.8. The van der Waals surface area contributed by atoms with Crippen molar-refractivity contribution in [2.75, 3.05) is 47.4 Å². The standard InChI is InChI=1S/C48H65N9O6S.4H2S/c1-10-55-39-18-15-30-21-34(39)35(43(55)33-13-11-19-49-41(33)29(4)62-9)23-48(5,6)27-63-46(60)36-14-12-20-57(52-36)45(59)37(22-40-50-38(30)26-64-40)51-44(58)42(28(2)3)54(8)47(61)56-25-31-16-17-32(56)24-53(31)7;;;;/h11,13,15,18-19,21,26,28-29,31-32,36-37,42,52H,10,12,14,16-17,20,22-25,27H2,1-9H3,(H,51,58);4*1H2/t29-,31?,32?,36-,37-,42-;;;;/m0..../s1. The van der Waals surface area contributed by atoms with Crippen LogP contribution in [0, 0.1) is 11.3 Å². The van der Waals surface area contributed by atoms with E-state index in [1.54, 1.807) is 25.3 Å². The third kappa shape index (κ3) is 11.5. The van der Waals surface area contributed by atoms with Crippen LogP contribution in [0.1, 0.15) is 89.6 Å². The van der Waals surface area contributed by atoms with Crippen LogP contribution in [0.2, 0.25) is 0 Å². The van der Waals surface area contributed by atoms with E-state index in [2.05, 4.69) is 72.3 Å². The molecule has 5 aliphatic rings. The smallest absolute Gasteiger partial charge is 0.324 e. The van der Waals surface area contributed by atoms with Crippen LogP contribution in [-0.2, 0) is 43.2 Å². The number of hydrazine groups is 1. The van der Waals surface area contributed by atoms with Crippen molar-refractivity contribution < 1.29 is 28.7 Å². The van der Waals surface area contributed by atoms with Crippen molar-refractivity contribution in [2.24, 2.45) is 11.3 Å². The Labute approximate surface area is 433 Å². The molecule has 9 rings (SSSR count). The number of rotatable bonds is 8. The van der Waals surface area contributed by atoms with Crippen molar-refractivity contribution in [3.8, 4) is 22.5 Å². The normalized spacial score (nSPS) is 22.4. The van der Waals surface area contributed by atoms with Gasteiger partial charge in [0.2, 0.25) is 5.91 Å². The summed E-state index contributed by atoms with van der Waals surface area (Å²) in [6.07, 6.45) is 5.32. The highest BCUT2D eigenvalue weighted by Gasteiger charge is 2.44. The van der Waals surface area contributed by atoms with Crippen LogP contribution < -0.4 is 10.7 Å². The second kappa shape index (κ2) is 23.6. The number of carbonyl (C=O) groups is 4. The number of methoxy groups -OCH3 is 1. The van der Waals surface area contributed by atoms with Crippen molar-refractivity contribution in [1.29, 1.82) is 0 Å². The summed E-state index contributed by atoms with van der Waals surface area (Å²) in [6, 6.07) is 8.09. The Morgan fingerprint density at radius 3 is 2.46 bits per heavy atom. The lowest BCUT2D eigenvalue weighted by molar-refractivity contribution is -0.155. The molecule has 8 bridgehead atoms. The number of hydrogen-bond donors (Lipinski definition) is 2. The fourth-order valence-electron chi connectivity index (χ4n) is 10.3. The maximum Gasteiger partial charge on any atom is 0.324 e. The minimum absolute atomic E-state index is 0. The van der Waals surface area contributed by atoms with Gasteiger partial charge in [0.1, 0.15) is 18.1 Å². The summed E-state index contributed by atoms with van der Waals surface area (Å²) in [7, 11) is 5.49. The second-order valence-corrected chi connectivity index (χ2v) is 20.3. The maximum absolute atomic E-state index is 14.6. The predicted molar refractivity (Wildman–Crippen MR) is 289 cm³/mol. The third-order valence-corrected chi connectivity index (χ3v) is 14.7. The molecular formula is C48H73N9O6S5. The van der Waals surface area contributed by atoms with Crippen molar-refractivity contribution in [3.05, 3.63) is 58.2 Å². The Kier molecular flexibility index (Phi) is 19.8. The minimum Gasteiger partial charge on any atom is -0.464 e. The molecule has 2 N–H and O–H groups in total. The van der Waals surface area contributed by atoms with E-state index in [0.29, 0.717) is 49.9 Å². The van der Waals surface area contributed by atoms with Gasteiger partial charge in [0.25, 0.3) is 5.91 Å². The molecule has 4 aromatic rings. The number of likely N-dealkylation sites (N-methyl/N-ethyl adjacent to an activating group) is 2. The highest BCUT2D eigenvalue weighted by Crippen LogP contribution is 2.42. The summed E-state index contributed by atoms with van der Waals surface area (Å²) in [4.78, 5) is 72.9. The molecule has 4 saturated heterocycles. The van der Waals surface area contributed by atoms with Crippen LogP contribution in [0.4, 0.5) is 4.79 Å². The Hall–Kier alpha value is -3.50. The molecule has 1 aromatic carbocycles. The first kappa shape index (κ1) is 57.1. The van der Waals surface area contributed by atoms with E-state index in [1.807, 2.05) is 37.1 Å². The number of ether oxygens (including phenoxy) is 2. The van der Waals surface area contributed by atoms with Gasteiger partial charge >= 0.3 is 12.0 Å². The van der Waals surface area contributed by atoms with Crippen molar-refractivity contribution in [2.45, 2.75) is 123 Å². The monoisotopic (exact) mass is 1030 g/mol. The number of nitrogens with one attached hydrogen (secondary N) is 2. The zero-order chi connectivity index (χ0) is 45.6. The number of aromatic nitrogens is 3. The molecule has 0 saturated carbocycles. The van der Waals surface area contributed by atoms with E-state index < -0.39 is 35.4 Å². The summed E-state index contributed by atoms with van der Waals surface area (Å²) in [5.41, 5.74) is 9.44. The summed E-state index contributed by atoms with van der Waals surface area (Å²) >= 11 is 1.44. The number of fused-ring (bicyclic) bond motifs is 9. The molecule has 5 aliphatic heterocycles. The van der Waals surface area contributed by atoms with Gasteiger partial charge in [-0.1, -0.05) is 33.8 Å². The van der Waals surface area contributed by atoms with Gasteiger partial charge in [-0.05, 0) is 88.7 Å². The van der Waals surface area contributed by atoms with E-state index in [0.717, 1.165) is 64.1 Å². The minimum atomic E-state index is -1.03. The molecule has 0 radical (unpaired) electrons. The molecule has 8 heterocycles. The van der Waals surface area contributed by atoms with E-state index in [4.69, 9.17) is 19.4 Å². The fraction of sp³-hybridized carbons (Fsp3) is 0.583. The second-order valence-electron chi connectivity index (χ2n) is 19.3. The SMILES string of the molecule is CCn1c(-c2cccnc2[C@H](C)OC)c2c3cc(ccc31)-c1csc(n1)C[C@H](NC(=O)[C@H](C(C)C)N(C)C(=O)N1CC3CCC1CN3C)C(=O)N1CCC[C@H](N1)C(=O)OCC(C)(C)C2.S.S.S.S. The fourth-order valence-corrected chi connectivity index (χ4v) is 11.2. The third-order valence-electron chi connectivity index (χ3n) is 13.8. The number of piperazine rings is 1. The average molecular weight is 1030 g/mol. The molecule has 2 unspecified atom stereocenters. The van der Waals surface area contributed by atoms with Gasteiger partial charge in [0.05, 0.1) is 34.8 Å². The molecule has 68 heavy (non-hydrogen) atoms. The quantitative estimate of drug-likeness (QED) is 0.187. The average Bonchev–Trinajstić information content (AvgIpc) is 3.88. The Bertz CT molecular complexity index is 2410. The molecule has 4 amide bonds. The lowest BCUT2D eigenvalue weighted by Gasteiger charge is -2.51. The molecule has 376 valence electrons. The Balaban J connectivity index is 0.00000252. The van der Waals surface area contributed by atoms with Gasteiger partial charge in [0, 0.05) is 97.9 Å². The van der Waals surface area contributed by atoms with Gasteiger partial charge < -0.3 is 29.2 Å². The lowest BCUT2D eigenvalue weighted by atomic mass is 9.84. The first-order valence-corrected chi connectivity index (χ1v) is 23.8. The summed E-state index contributed by atoms with van der Waals surface area (Å²) in [6.45, 7) is 14.9. The van der Waals surface area contributed by atoms with Crippen LogP contribution in [-0.4, -0.2) is 136 Å². The van der Waals surface area contributed by atoms with Crippen LogP contribution >= 0.6 is 65.3 Å².